The number of hydrogen-bond donors (Lipinski definition) is 1. The van der Waals surface area contributed by atoms with Gasteiger partial charge in [-0.15, -0.1) is 0 Å². The third-order valence-corrected chi connectivity index (χ3v) is 3.83. The van der Waals surface area contributed by atoms with Crippen LogP contribution in [0.4, 0.5) is 0 Å². The van der Waals surface area contributed by atoms with Gasteiger partial charge in [0.1, 0.15) is 0 Å². The van der Waals surface area contributed by atoms with Crippen molar-refractivity contribution < 1.29 is 4.74 Å². The van der Waals surface area contributed by atoms with E-state index < -0.39 is 0 Å². The molecule has 0 spiro atoms. The predicted octanol–water partition coefficient (Wildman–Crippen LogP) is 3.08. The fourth-order valence-corrected chi connectivity index (χ4v) is 2.73. The molecule has 1 aliphatic rings. The van der Waals surface area contributed by atoms with E-state index in [2.05, 4.69) is 43.6 Å². The van der Waals surface area contributed by atoms with Gasteiger partial charge in [-0.3, -0.25) is 0 Å². The Morgan fingerprint density at radius 1 is 1.44 bits per heavy atom. The maximum Gasteiger partial charge on any atom is 0.0576 e. The van der Waals surface area contributed by atoms with E-state index in [1.807, 2.05) is 0 Å². The Kier molecular flexibility index (Phi) is 5.21. The molecule has 2 unspecified atom stereocenters. The number of ether oxygens (including phenoxy) is 1. The van der Waals surface area contributed by atoms with Crippen LogP contribution in [0.3, 0.4) is 0 Å². The Balaban J connectivity index is 1.81. The number of aryl methyl sites for hydroxylation is 1. The summed E-state index contributed by atoms with van der Waals surface area (Å²) in [5.74, 6) is 0. The smallest absolute Gasteiger partial charge is 0.0576 e. The summed E-state index contributed by atoms with van der Waals surface area (Å²) in [4.78, 5) is 0. The highest BCUT2D eigenvalue weighted by Gasteiger charge is 2.17. The van der Waals surface area contributed by atoms with E-state index in [0.717, 1.165) is 13.0 Å². The second kappa shape index (κ2) is 6.91. The summed E-state index contributed by atoms with van der Waals surface area (Å²) in [6, 6.07) is 9.39. The fourth-order valence-electron chi connectivity index (χ4n) is 2.73. The van der Waals surface area contributed by atoms with Gasteiger partial charge in [-0.25, -0.2) is 0 Å². The molecule has 0 aromatic heterocycles. The normalized spacial score (nSPS) is 21.1. The Morgan fingerprint density at radius 2 is 2.33 bits per heavy atom. The van der Waals surface area contributed by atoms with Crippen LogP contribution in [-0.4, -0.2) is 25.8 Å². The lowest BCUT2D eigenvalue weighted by Gasteiger charge is -2.18. The Hall–Kier alpha value is -0.860. The van der Waals surface area contributed by atoms with E-state index in [4.69, 9.17) is 4.74 Å². The first-order valence-corrected chi connectivity index (χ1v) is 7.12. The second-order valence-electron chi connectivity index (χ2n) is 5.39. The summed E-state index contributed by atoms with van der Waals surface area (Å²) >= 11 is 0. The summed E-state index contributed by atoms with van der Waals surface area (Å²) in [6.45, 7) is 3.12. The van der Waals surface area contributed by atoms with Gasteiger partial charge in [-0.2, -0.15) is 0 Å². The molecule has 1 N–H and O–H groups in total. The molecule has 0 saturated carbocycles. The quantitative estimate of drug-likeness (QED) is 0.834. The average Bonchev–Trinajstić information content (AvgIpc) is 2.87. The van der Waals surface area contributed by atoms with Gasteiger partial charge in [0.25, 0.3) is 0 Å². The third-order valence-electron chi connectivity index (χ3n) is 3.83. The minimum Gasteiger partial charge on any atom is -0.378 e. The molecule has 18 heavy (non-hydrogen) atoms. The molecule has 2 nitrogen and oxygen atoms in total. The first kappa shape index (κ1) is 13.6. The molecule has 100 valence electrons. The van der Waals surface area contributed by atoms with Crippen LogP contribution < -0.4 is 5.32 Å². The van der Waals surface area contributed by atoms with Gasteiger partial charge in [0.15, 0.2) is 0 Å². The first-order valence-electron chi connectivity index (χ1n) is 7.12. The SMILES string of the molecule is CNC(CCC1CCCO1)Cc1cccc(C)c1. The molecule has 1 saturated heterocycles. The van der Waals surface area contributed by atoms with Crippen molar-refractivity contribution in [2.24, 2.45) is 0 Å². The van der Waals surface area contributed by atoms with Crippen LogP contribution in [0.15, 0.2) is 24.3 Å². The zero-order valence-corrected chi connectivity index (χ0v) is 11.6. The zero-order valence-electron chi connectivity index (χ0n) is 11.6. The summed E-state index contributed by atoms with van der Waals surface area (Å²) in [7, 11) is 2.07. The minimum absolute atomic E-state index is 0.512. The van der Waals surface area contributed by atoms with Gasteiger partial charge in [0.05, 0.1) is 6.10 Å². The minimum atomic E-state index is 0.512. The van der Waals surface area contributed by atoms with Crippen LogP contribution in [-0.2, 0) is 11.2 Å². The molecule has 1 aromatic carbocycles. The van der Waals surface area contributed by atoms with Crippen molar-refractivity contribution in [1.82, 2.24) is 5.32 Å². The van der Waals surface area contributed by atoms with E-state index >= 15 is 0 Å². The Labute approximate surface area is 111 Å². The van der Waals surface area contributed by atoms with Gasteiger partial charge < -0.3 is 10.1 Å². The van der Waals surface area contributed by atoms with Gasteiger partial charge in [0, 0.05) is 12.6 Å². The topological polar surface area (TPSA) is 21.3 Å². The summed E-state index contributed by atoms with van der Waals surface area (Å²) in [5.41, 5.74) is 2.78. The Bertz CT molecular complexity index is 358. The number of hydrogen-bond acceptors (Lipinski definition) is 2. The fraction of sp³-hybridized carbons (Fsp3) is 0.625. The van der Waals surface area contributed by atoms with Crippen molar-refractivity contribution in [2.75, 3.05) is 13.7 Å². The molecule has 0 aliphatic carbocycles. The molecule has 1 heterocycles. The lowest BCUT2D eigenvalue weighted by atomic mass is 9.98. The van der Waals surface area contributed by atoms with Crippen LogP contribution in [0.2, 0.25) is 0 Å². The molecular weight excluding hydrogens is 222 g/mol. The molecular formula is C16H25NO. The number of benzene rings is 1. The lowest BCUT2D eigenvalue weighted by Crippen LogP contribution is -2.28. The van der Waals surface area contributed by atoms with E-state index in [9.17, 15) is 0 Å². The maximum absolute atomic E-state index is 5.69. The van der Waals surface area contributed by atoms with Gasteiger partial charge >= 0.3 is 0 Å². The van der Waals surface area contributed by atoms with E-state index in [1.165, 1.54) is 36.8 Å². The van der Waals surface area contributed by atoms with E-state index in [1.54, 1.807) is 0 Å². The van der Waals surface area contributed by atoms with Crippen molar-refractivity contribution in [1.29, 1.82) is 0 Å². The molecule has 1 aliphatic heterocycles. The van der Waals surface area contributed by atoms with Crippen molar-refractivity contribution in [3.05, 3.63) is 35.4 Å². The number of likely N-dealkylation sites (N-methyl/N-ethyl adjacent to an activating group) is 1. The molecule has 2 heteroatoms. The van der Waals surface area contributed by atoms with Crippen molar-refractivity contribution >= 4 is 0 Å². The molecule has 0 bridgehead atoms. The van der Waals surface area contributed by atoms with Gasteiger partial charge in [-0.05, 0) is 51.6 Å². The maximum atomic E-state index is 5.69. The molecule has 0 amide bonds. The summed E-state index contributed by atoms with van der Waals surface area (Å²) in [6.07, 6.45) is 6.52. The zero-order chi connectivity index (χ0) is 12.8. The van der Waals surface area contributed by atoms with Crippen LogP contribution in [0.25, 0.3) is 0 Å². The molecule has 2 rings (SSSR count). The van der Waals surface area contributed by atoms with Crippen molar-refractivity contribution in [3.63, 3.8) is 0 Å². The van der Waals surface area contributed by atoms with Crippen LogP contribution in [0.1, 0.15) is 36.8 Å². The van der Waals surface area contributed by atoms with Gasteiger partial charge in [0.2, 0.25) is 0 Å². The highest BCUT2D eigenvalue weighted by molar-refractivity contribution is 5.22. The molecule has 1 fully saturated rings. The van der Waals surface area contributed by atoms with Crippen LogP contribution in [0, 0.1) is 6.92 Å². The highest BCUT2D eigenvalue weighted by Crippen LogP contribution is 2.19. The van der Waals surface area contributed by atoms with Crippen LogP contribution >= 0.6 is 0 Å². The lowest BCUT2D eigenvalue weighted by molar-refractivity contribution is 0.0998. The molecule has 0 radical (unpaired) electrons. The summed E-state index contributed by atoms with van der Waals surface area (Å²) < 4.78 is 5.69. The third kappa shape index (κ3) is 4.11. The number of rotatable bonds is 6. The highest BCUT2D eigenvalue weighted by atomic mass is 16.5. The van der Waals surface area contributed by atoms with Gasteiger partial charge in [-0.1, -0.05) is 29.8 Å². The van der Waals surface area contributed by atoms with E-state index in [0.29, 0.717) is 12.1 Å². The summed E-state index contributed by atoms with van der Waals surface area (Å²) in [5, 5.41) is 3.44. The van der Waals surface area contributed by atoms with Crippen molar-refractivity contribution in [3.8, 4) is 0 Å². The van der Waals surface area contributed by atoms with Crippen molar-refractivity contribution in [2.45, 2.75) is 51.2 Å². The monoisotopic (exact) mass is 247 g/mol. The standard InChI is InChI=1S/C16H25NO/c1-13-5-3-6-14(11-13)12-15(17-2)8-9-16-7-4-10-18-16/h3,5-6,11,15-17H,4,7-10,12H2,1-2H3. The first-order chi connectivity index (χ1) is 8.78. The molecule has 2 atom stereocenters. The second-order valence-corrected chi connectivity index (χ2v) is 5.39. The average molecular weight is 247 g/mol. The molecule has 1 aromatic rings. The Morgan fingerprint density at radius 3 is 3.00 bits per heavy atom. The number of nitrogens with one attached hydrogen (secondary N) is 1. The van der Waals surface area contributed by atoms with Crippen LogP contribution in [0.5, 0.6) is 0 Å². The van der Waals surface area contributed by atoms with E-state index in [-0.39, 0.29) is 0 Å². The predicted molar refractivity (Wildman–Crippen MR) is 75.9 cm³/mol. The largest absolute Gasteiger partial charge is 0.378 e.